The van der Waals surface area contributed by atoms with Crippen LogP contribution in [0.25, 0.3) is 0 Å². The van der Waals surface area contributed by atoms with Crippen molar-refractivity contribution in [3.8, 4) is 0 Å². The van der Waals surface area contributed by atoms with Gasteiger partial charge in [0, 0.05) is 4.70 Å². The van der Waals surface area contributed by atoms with Crippen molar-refractivity contribution in [1.29, 1.82) is 0 Å². The summed E-state index contributed by atoms with van der Waals surface area (Å²) in [4.78, 5) is 10.8. The Balaban J connectivity index is 4.48. The first-order chi connectivity index (χ1) is 6.10. The smallest absolute Gasteiger partial charge is 0.156 e. The predicted octanol–water partition coefficient (Wildman–Crippen LogP) is 2.86. The highest BCUT2D eigenvalue weighted by Crippen LogP contribution is 2.12. The quantitative estimate of drug-likeness (QED) is 0.252. The first kappa shape index (κ1) is 12.4. The third-order valence-corrected chi connectivity index (χ3v) is 1.97. The lowest BCUT2D eigenvalue weighted by Gasteiger charge is -1.97. The van der Waals surface area contributed by atoms with Gasteiger partial charge in [-0.25, -0.2) is 0 Å². The molecule has 0 aliphatic carbocycles. The van der Waals surface area contributed by atoms with Crippen molar-refractivity contribution in [2.75, 3.05) is 0 Å². The fraction of sp³-hybridized carbons (Fsp3) is 0.333. The number of carbonyl (C=O) groups excluding carboxylic acids is 1. The number of allylic oxidation sites excluding steroid dienone is 3. The summed E-state index contributed by atoms with van der Waals surface area (Å²) in [7, 11) is 0. The summed E-state index contributed by atoms with van der Waals surface area (Å²) in [5, 5.41) is 9.31. The Kier molecular flexibility index (Phi) is 6.54. The highest BCUT2D eigenvalue weighted by molar-refractivity contribution is 8.23. The number of aliphatic hydroxyl groups is 1. The molecule has 0 aromatic carbocycles. The summed E-state index contributed by atoms with van der Waals surface area (Å²) in [5.74, 6) is 0.350. The Morgan fingerprint density at radius 3 is 2.54 bits per heavy atom. The van der Waals surface area contributed by atoms with Gasteiger partial charge in [0.1, 0.15) is 5.76 Å². The zero-order valence-corrected chi connectivity index (χ0v) is 9.19. The highest BCUT2D eigenvalue weighted by Gasteiger charge is 1.96. The molecule has 0 bridgehead atoms. The summed E-state index contributed by atoms with van der Waals surface area (Å²) in [6, 6.07) is 0. The molecular formula is C9H12O2S2. The van der Waals surface area contributed by atoms with E-state index >= 15 is 0 Å². The molecule has 0 fully saturated rings. The number of thioether (sulfide) groups is 1. The van der Waals surface area contributed by atoms with Crippen LogP contribution in [0.2, 0.25) is 0 Å². The van der Waals surface area contributed by atoms with E-state index < -0.39 is 0 Å². The van der Waals surface area contributed by atoms with Gasteiger partial charge >= 0.3 is 0 Å². The Morgan fingerprint density at radius 1 is 1.54 bits per heavy atom. The number of rotatable bonds is 5. The maximum absolute atomic E-state index is 10.4. The number of aliphatic hydroxyl groups excluding tert-OH is 1. The van der Waals surface area contributed by atoms with E-state index in [1.54, 1.807) is 6.08 Å². The summed E-state index contributed by atoms with van der Waals surface area (Å²) >= 11 is 5.69. The Bertz CT molecular complexity index is 242. The fourth-order valence-electron chi connectivity index (χ4n) is 0.687. The molecule has 0 aromatic heterocycles. The van der Waals surface area contributed by atoms with E-state index in [1.165, 1.54) is 10.8 Å². The zero-order chi connectivity index (χ0) is 10.3. The van der Waals surface area contributed by atoms with Gasteiger partial charge in [0.15, 0.2) is 6.29 Å². The van der Waals surface area contributed by atoms with Crippen LogP contribution in [0.4, 0.5) is 0 Å². The van der Waals surface area contributed by atoms with E-state index in [0.29, 0.717) is 11.2 Å². The maximum Gasteiger partial charge on any atom is 0.156 e. The van der Waals surface area contributed by atoms with Crippen LogP contribution in [-0.4, -0.2) is 16.1 Å². The van der Waals surface area contributed by atoms with Crippen LogP contribution in [0.1, 0.15) is 13.8 Å². The third kappa shape index (κ3) is 6.54. The SMILES string of the molecule is CC(C)/C=C(O)/C=C(/C=O)SC=S. The second-order valence-electron chi connectivity index (χ2n) is 2.71. The van der Waals surface area contributed by atoms with Crippen molar-refractivity contribution in [1.82, 2.24) is 0 Å². The van der Waals surface area contributed by atoms with Gasteiger partial charge in [0.25, 0.3) is 0 Å². The van der Waals surface area contributed by atoms with Crippen LogP contribution in [0.5, 0.6) is 0 Å². The Hall–Kier alpha value is -0.610. The molecule has 0 heterocycles. The standard InChI is InChI=1S/C9H12O2S2/c1-7(2)3-8(11)4-9(5-10)13-6-12/h3-7,11H,1-2H3/b8-3-,9-4-. The van der Waals surface area contributed by atoms with Gasteiger partial charge in [-0.05, 0) is 18.1 Å². The van der Waals surface area contributed by atoms with Crippen molar-refractivity contribution < 1.29 is 9.90 Å². The van der Waals surface area contributed by atoms with Gasteiger partial charge in [-0.2, -0.15) is 0 Å². The van der Waals surface area contributed by atoms with Crippen LogP contribution in [0.15, 0.2) is 22.8 Å². The van der Waals surface area contributed by atoms with Gasteiger partial charge in [-0.3, -0.25) is 4.79 Å². The molecule has 0 aromatic rings. The molecule has 0 radical (unpaired) electrons. The monoisotopic (exact) mass is 216 g/mol. The van der Waals surface area contributed by atoms with Crippen LogP contribution < -0.4 is 0 Å². The third-order valence-electron chi connectivity index (χ3n) is 1.09. The van der Waals surface area contributed by atoms with Crippen LogP contribution in [0, 0.1) is 5.92 Å². The summed E-state index contributed by atoms with van der Waals surface area (Å²) in [5.41, 5.74) is 0. The molecule has 0 saturated heterocycles. The second-order valence-corrected chi connectivity index (χ2v) is 4.19. The molecule has 0 aliphatic rings. The van der Waals surface area contributed by atoms with Crippen molar-refractivity contribution in [2.24, 2.45) is 5.92 Å². The number of hydrogen-bond acceptors (Lipinski definition) is 4. The Morgan fingerprint density at radius 2 is 2.15 bits per heavy atom. The zero-order valence-electron chi connectivity index (χ0n) is 7.56. The maximum atomic E-state index is 10.4. The van der Waals surface area contributed by atoms with E-state index in [4.69, 9.17) is 0 Å². The molecule has 0 spiro atoms. The lowest BCUT2D eigenvalue weighted by Crippen LogP contribution is -1.86. The van der Waals surface area contributed by atoms with Crippen LogP contribution >= 0.6 is 24.0 Å². The Labute approximate surface area is 87.7 Å². The fourth-order valence-corrected chi connectivity index (χ4v) is 1.38. The summed E-state index contributed by atoms with van der Waals surface area (Å²) < 4.78 is 1.38. The van der Waals surface area contributed by atoms with Crippen molar-refractivity contribution >= 4 is 35.0 Å². The largest absolute Gasteiger partial charge is 0.508 e. The van der Waals surface area contributed by atoms with Crippen molar-refractivity contribution in [3.05, 3.63) is 22.8 Å². The molecule has 13 heavy (non-hydrogen) atoms. The molecule has 0 amide bonds. The molecule has 0 saturated carbocycles. The van der Waals surface area contributed by atoms with Crippen LogP contribution in [-0.2, 0) is 4.79 Å². The van der Waals surface area contributed by atoms with Crippen LogP contribution in [0.3, 0.4) is 0 Å². The number of thiocarbonyl (C=S) groups is 1. The predicted molar refractivity (Wildman–Crippen MR) is 60.9 cm³/mol. The normalized spacial score (nSPS) is 13.2. The minimum absolute atomic E-state index is 0.0986. The topological polar surface area (TPSA) is 37.3 Å². The number of hydrogen-bond donors (Lipinski definition) is 1. The van der Waals surface area contributed by atoms with E-state index in [9.17, 15) is 9.90 Å². The number of aldehydes is 1. The molecule has 0 atom stereocenters. The molecule has 72 valence electrons. The van der Waals surface area contributed by atoms with Gasteiger partial charge in [0.05, 0.1) is 4.91 Å². The van der Waals surface area contributed by atoms with Gasteiger partial charge in [-0.1, -0.05) is 37.8 Å². The molecule has 0 rings (SSSR count). The minimum atomic E-state index is 0.0986. The molecule has 0 unspecified atom stereocenters. The lowest BCUT2D eigenvalue weighted by molar-refractivity contribution is -0.104. The van der Waals surface area contributed by atoms with E-state index in [-0.39, 0.29) is 11.7 Å². The summed E-state index contributed by atoms with van der Waals surface area (Å²) in [6.45, 7) is 3.88. The van der Waals surface area contributed by atoms with Gasteiger partial charge in [-0.15, -0.1) is 0 Å². The second kappa shape index (κ2) is 6.86. The highest BCUT2D eigenvalue weighted by atomic mass is 32.2. The van der Waals surface area contributed by atoms with Crippen molar-refractivity contribution in [3.63, 3.8) is 0 Å². The molecular weight excluding hydrogens is 204 g/mol. The molecule has 4 heteroatoms. The summed E-state index contributed by atoms with van der Waals surface area (Å²) in [6.07, 6.45) is 3.73. The first-order valence-corrected chi connectivity index (χ1v) is 5.13. The van der Waals surface area contributed by atoms with E-state index in [0.717, 1.165) is 11.8 Å². The molecule has 1 N–H and O–H groups in total. The minimum Gasteiger partial charge on any atom is -0.508 e. The van der Waals surface area contributed by atoms with Crippen molar-refractivity contribution in [2.45, 2.75) is 13.8 Å². The molecule has 2 nitrogen and oxygen atoms in total. The van der Waals surface area contributed by atoms with Gasteiger partial charge < -0.3 is 5.11 Å². The van der Waals surface area contributed by atoms with E-state index in [2.05, 4.69) is 12.2 Å². The number of carbonyl (C=O) groups is 1. The average Bonchev–Trinajstić information content (AvgIpc) is 2.02. The molecule has 0 aliphatic heterocycles. The average molecular weight is 216 g/mol. The van der Waals surface area contributed by atoms with E-state index in [1.807, 2.05) is 13.8 Å². The first-order valence-electron chi connectivity index (χ1n) is 3.78. The van der Waals surface area contributed by atoms with Gasteiger partial charge in [0.2, 0.25) is 0 Å². The lowest BCUT2D eigenvalue weighted by atomic mass is 10.2.